The van der Waals surface area contributed by atoms with E-state index in [-0.39, 0.29) is 18.1 Å². The lowest BCUT2D eigenvalue weighted by molar-refractivity contribution is -0.135. The molecule has 0 saturated carbocycles. The molecular formula is C14H22N2O3. The van der Waals surface area contributed by atoms with E-state index in [0.717, 1.165) is 24.5 Å². The van der Waals surface area contributed by atoms with Crippen LogP contribution < -0.4 is 0 Å². The van der Waals surface area contributed by atoms with Crippen LogP contribution in [-0.4, -0.2) is 55.6 Å². The molecule has 106 valence electrons. The fraction of sp³-hybridized carbons (Fsp3) is 0.643. The van der Waals surface area contributed by atoms with E-state index in [0.29, 0.717) is 6.54 Å². The van der Waals surface area contributed by atoms with E-state index in [1.165, 1.54) is 0 Å². The summed E-state index contributed by atoms with van der Waals surface area (Å²) in [6.45, 7) is 3.22. The zero-order valence-electron chi connectivity index (χ0n) is 12.0. The minimum Gasteiger partial charge on any atom is -0.464 e. The van der Waals surface area contributed by atoms with Crippen molar-refractivity contribution >= 4 is 5.91 Å². The second-order valence-corrected chi connectivity index (χ2v) is 5.26. The van der Waals surface area contributed by atoms with Gasteiger partial charge in [-0.05, 0) is 32.5 Å². The van der Waals surface area contributed by atoms with Crippen molar-refractivity contribution < 1.29 is 13.9 Å². The standard InChI is InChI=1S/C14H22N2O3/c1-10-5-6-11(19-10)8-16(3)14(17)13-7-12(18-4)9-15(13)2/h5-6,12-13H,7-9H2,1-4H3/t12-,13-/m0/s1. The van der Waals surface area contributed by atoms with Crippen LogP contribution >= 0.6 is 0 Å². The molecule has 2 rings (SSSR count). The Morgan fingerprint density at radius 3 is 2.84 bits per heavy atom. The summed E-state index contributed by atoms with van der Waals surface area (Å²) in [7, 11) is 5.47. The number of methoxy groups -OCH3 is 1. The summed E-state index contributed by atoms with van der Waals surface area (Å²) < 4.78 is 10.8. The minimum atomic E-state index is -0.0917. The van der Waals surface area contributed by atoms with Gasteiger partial charge in [0.05, 0.1) is 18.7 Å². The second-order valence-electron chi connectivity index (χ2n) is 5.26. The summed E-state index contributed by atoms with van der Waals surface area (Å²) >= 11 is 0. The normalized spacial score (nSPS) is 23.8. The van der Waals surface area contributed by atoms with Crippen LogP contribution in [0.4, 0.5) is 0 Å². The third-order valence-corrected chi connectivity index (χ3v) is 3.69. The summed E-state index contributed by atoms with van der Waals surface area (Å²) in [5.74, 6) is 1.81. The van der Waals surface area contributed by atoms with E-state index in [2.05, 4.69) is 4.90 Å². The maximum Gasteiger partial charge on any atom is 0.240 e. The van der Waals surface area contributed by atoms with Crippen molar-refractivity contribution in [2.75, 3.05) is 27.7 Å². The molecule has 0 unspecified atom stereocenters. The maximum atomic E-state index is 12.4. The summed E-state index contributed by atoms with van der Waals surface area (Å²) in [6.07, 6.45) is 0.908. The quantitative estimate of drug-likeness (QED) is 0.823. The van der Waals surface area contributed by atoms with Crippen molar-refractivity contribution in [3.05, 3.63) is 23.7 Å². The highest BCUT2D eigenvalue weighted by atomic mass is 16.5. The third-order valence-electron chi connectivity index (χ3n) is 3.69. The Morgan fingerprint density at radius 2 is 2.32 bits per heavy atom. The van der Waals surface area contributed by atoms with Gasteiger partial charge in [-0.25, -0.2) is 0 Å². The van der Waals surface area contributed by atoms with Gasteiger partial charge in [-0.3, -0.25) is 9.69 Å². The molecule has 1 aliphatic heterocycles. The number of amides is 1. The smallest absolute Gasteiger partial charge is 0.240 e. The zero-order chi connectivity index (χ0) is 14.0. The number of likely N-dealkylation sites (N-methyl/N-ethyl adjacent to an activating group) is 2. The summed E-state index contributed by atoms with van der Waals surface area (Å²) in [5.41, 5.74) is 0. The molecular weight excluding hydrogens is 244 g/mol. The van der Waals surface area contributed by atoms with Crippen molar-refractivity contribution in [2.45, 2.75) is 32.0 Å². The lowest BCUT2D eigenvalue weighted by atomic mass is 10.1. The van der Waals surface area contributed by atoms with Gasteiger partial charge in [0, 0.05) is 20.7 Å². The summed E-state index contributed by atoms with van der Waals surface area (Å²) in [4.78, 5) is 16.2. The van der Waals surface area contributed by atoms with E-state index in [4.69, 9.17) is 9.15 Å². The molecule has 1 amide bonds. The summed E-state index contributed by atoms with van der Waals surface area (Å²) in [5, 5.41) is 0. The molecule has 1 fully saturated rings. The average Bonchev–Trinajstić information content (AvgIpc) is 2.94. The number of rotatable bonds is 4. The van der Waals surface area contributed by atoms with Crippen molar-refractivity contribution in [3.8, 4) is 0 Å². The molecule has 0 bridgehead atoms. The first-order chi connectivity index (χ1) is 9.01. The Hall–Kier alpha value is -1.33. The number of hydrogen-bond acceptors (Lipinski definition) is 4. The van der Waals surface area contributed by atoms with Crippen molar-refractivity contribution in [1.29, 1.82) is 0 Å². The van der Waals surface area contributed by atoms with Gasteiger partial charge in [0.1, 0.15) is 11.5 Å². The molecule has 1 saturated heterocycles. The lowest BCUT2D eigenvalue weighted by Crippen LogP contribution is -2.42. The van der Waals surface area contributed by atoms with E-state index in [1.54, 1.807) is 12.0 Å². The highest BCUT2D eigenvalue weighted by molar-refractivity contribution is 5.82. The molecule has 0 aromatic carbocycles. The zero-order valence-corrected chi connectivity index (χ0v) is 12.0. The van der Waals surface area contributed by atoms with Crippen LogP contribution in [0.5, 0.6) is 0 Å². The topological polar surface area (TPSA) is 45.9 Å². The molecule has 19 heavy (non-hydrogen) atoms. The van der Waals surface area contributed by atoms with Crippen LogP contribution in [-0.2, 0) is 16.1 Å². The van der Waals surface area contributed by atoms with Crippen molar-refractivity contribution in [3.63, 3.8) is 0 Å². The number of carbonyl (C=O) groups excluding carboxylic acids is 1. The second kappa shape index (κ2) is 5.75. The molecule has 0 radical (unpaired) electrons. The number of aryl methyl sites for hydroxylation is 1. The Morgan fingerprint density at radius 1 is 1.58 bits per heavy atom. The molecule has 0 aliphatic carbocycles. The van der Waals surface area contributed by atoms with Crippen LogP contribution in [0.3, 0.4) is 0 Å². The van der Waals surface area contributed by atoms with E-state index < -0.39 is 0 Å². The van der Waals surface area contributed by atoms with Crippen molar-refractivity contribution in [1.82, 2.24) is 9.80 Å². The predicted octanol–water partition coefficient (Wildman–Crippen LogP) is 1.27. The van der Waals surface area contributed by atoms with Gasteiger partial charge >= 0.3 is 0 Å². The van der Waals surface area contributed by atoms with Gasteiger partial charge in [-0.15, -0.1) is 0 Å². The number of hydrogen-bond donors (Lipinski definition) is 0. The fourth-order valence-electron chi connectivity index (χ4n) is 2.55. The van der Waals surface area contributed by atoms with Crippen LogP contribution in [0, 0.1) is 6.92 Å². The first-order valence-electron chi connectivity index (χ1n) is 6.54. The molecule has 0 N–H and O–H groups in total. The Bertz CT molecular complexity index is 444. The number of likely N-dealkylation sites (tertiary alicyclic amines) is 1. The largest absolute Gasteiger partial charge is 0.464 e. The van der Waals surface area contributed by atoms with Crippen LogP contribution in [0.25, 0.3) is 0 Å². The number of nitrogens with zero attached hydrogens (tertiary/aromatic N) is 2. The highest BCUT2D eigenvalue weighted by Crippen LogP contribution is 2.20. The number of carbonyl (C=O) groups is 1. The third kappa shape index (κ3) is 3.16. The molecule has 2 atom stereocenters. The molecule has 5 nitrogen and oxygen atoms in total. The molecule has 1 aliphatic rings. The van der Waals surface area contributed by atoms with Crippen LogP contribution in [0.2, 0.25) is 0 Å². The Balaban J connectivity index is 1.95. The molecule has 1 aromatic heterocycles. The molecule has 1 aromatic rings. The average molecular weight is 266 g/mol. The van der Waals surface area contributed by atoms with Gasteiger partial charge in [-0.2, -0.15) is 0 Å². The van der Waals surface area contributed by atoms with Gasteiger partial charge < -0.3 is 14.1 Å². The Kier molecular flexibility index (Phi) is 4.27. The van der Waals surface area contributed by atoms with Gasteiger partial charge in [0.15, 0.2) is 0 Å². The van der Waals surface area contributed by atoms with E-state index in [1.807, 2.05) is 33.2 Å². The number of furan rings is 1. The number of ether oxygens (including phenoxy) is 1. The van der Waals surface area contributed by atoms with Crippen LogP contribution in [0.15, 0.2) is 16.5 Å². The fourth-order valence-corrected chi connectivity index (χ4v) is 2.55. The van der Waals surface area contributed by atoms with Gasteiger partial charge in [0.25, 0.3) is 0 Å². The lowest BCUT2D eigenvalue weighted by Gasteiger charge is -2.24. The van der Waals surface area contributed by atoms with E-state index >= 15 is 0 Å². The first kappa shape index (κ1) is 14.1. The van der Waals surface area contributed by atoms with Gasteiger partial charge in [-0.1, -0.05) is 0 Å². The Labute approximate surface area is 114 Å². The predicted molar refractivity (Wildman–Crippen MR) is 71.8 cm³/mol. The molecule has 0 spiro atoms. The van der Waals surface area contributed by atoms with Gasteiger partial charge in [0.2, 0.25) is 5.91 Å². The highest BCUT2D eigenvalue weighted by Gasteiger charge is 2.36. The van der Waals surface area contributed by atoms with E-state index in [9.17, 15) is 4.79 Å². The maximum absolute atomic E-state index is 12.4. The first-order valence-corrected chi connectivity index (χ1v) is 6.54. The SMILES string of the molecule is CO[C@H]1C[C@@H](C(=O)N(C)Cc2ccc(C)o2)N(C)C1. The molecule has 2 heterocycles. The summed E-state index contributed by atoms with van der Waals surface area (Å²) in [6, 6.07) is 3.73. The van der Waals surface area contributed by atoms with Crippen LogP contribution in [0.1, 0.15) is 17.9 Å². The monoisotopic (exact) mass is 266 g/mol. The minimum absolute atomic E-state index is 0.0917. The van der Waals surface area contributed by atoms with Crippen molar-refractivity contribution in [2.24, 2.45) is 0 Å². The molecule has 5 heteroatoms.